The van der Waals surface area contributed by atoms with Gasteiger partial charge in [0, 0.05) is 31.2 Å². The van der Waals surface area contributed by atoms with E-state index in [4.69, 9.17) is 10.1 Å². The van der Waals surface area contributed by atoms with Crippen molar-refractivity contribution in [1.29, 1.82) is 0 Å². The van der Waals surface area contributed by atoms with E-state index in [2.05, 4.69) is 28.3 Å². The first-order valence-corrected chi connectivity index (χ1v) is 8.84. The molecule has 0 radical (unpaired) electrons. The molecule has 0 bridgehead atoms. The molecular weight excluding hydrogens is 312 g/mol. The molecule has 1 saturated carbocycles. The summed E-state index contributed by atoms with van der Waals surface area (Å²) < 4.78 is 1.88. The van der Waals surface area contributed by atoms with E-state index in [1.165, 1.54) is 12.8 Å². The van der Waals surface area contributed by atoms with Gasteiger partial charge in [-0.3, -0.25) is 0 Å². The Bertz CT molecular complexity index is 1000. The van der Waals surface area contributed by atoms with E-state index >= 15 is 0 Å². The molecule has 0 aromatic carbocycles. The number of hydrogen-bond acceptors (Lipinski definition) is 5. The Morgan fingerprint density at radius 3 is 2.96 bits per heavy atom. The van der Waals surface area contributed by atoms with Crippen LogP contribution in [0.2, 0.25) is 0 Å². The second-order valence-corrected chi connectivity index (χ2v) is 7.03. The van der Waals surface area contributed by atoms with Gasteiger partial charge in [-0.15, -0.1) is 0 Å². The molecule has 6 heteroatoms. The van der Waals surface area contributed by atoms with Gasteiger partial charge in [0.05, 0.1) is 23.3 Å². The lowest BCUT2D eigenvalue weighted by Gasteiger charge is -2.13. The summed E-state index contributed by atoms with van der Waals surface area (Å²) in [5.74, 6) is 1.52. The molecule has 3 heterocycles. The molecule has 0 saturated heterocycles. The molecule has 1 N–H and O–H groups in total. The number of hydrogen-bond donors (Lipinski definition) is 1. The van der Waals surface area contributed by atoms with Crippen molar-refractivity contribution in [3.63, 3.8) is 0 Å². The van der Waals surface area contributed by atoms with Crippen molar-refractivity contribution < 1.29 is 1.43 Å². The van der Waals surface area contributed by atoms with E-state index in [9.17, 15) is 0 Å². The number of nitrogens with one attached hydrogen (secondary N) is 1. The molecule has 3 aromatic rings. The lowest BCUT2D eigenvalue weighted by atomic mass is 10.1. The minimum atomic E-state index is 0. The number of anilines is 1. The Labute approximate surface area is 147 Å². The second kappa shape index (κ2) is 5.37. The third-order valence-electron chi connectivity index (χ3n) is 5.15. The van der Waals surface area contributed by atoms with Crippen molar-refractivity contribution in [2.45, 2.75) is 39.2 Å². The van der Waals surface area contributed by atoms with Gasteiger partial charge in [0.15, 0.2) is 5.65 Å². The molecule has 3 aromatic heterocycles. The van der Waals surface area contributed by atoms with Gasteiger partial charge in [-0.25, -0.2) is 19.5 Å². The van der Waals surface area contributed by atoms with Crippen molar-refractivity contribution in [2.75, 3.05) is 5.32 Å². The Balaban J connectivity index is 0.00000168. The smallest absolute Gasteiger partial charge is 0.223 e. The van der Waals surface area contributed by atoms with Gasteiger partial charge in [0.25, 0.3) is 0 Å². The fraction of sp³-hybridized carbons (Fsp3) is 0.368. The molecule has 2 aliphatic rings. The first-order valence-electron chi connectivity index (χ1n) is 8.84. The summed E-state index contributed by atoms with van der Waals surface area (Å²) in [6.45, 7) is 4.22. The van der Waals surface area contributed by atoms with Gasteiger partial charge in [0.1, 0.15) is 0 Å². The van der Waals surface area contributed by atoms with Gasteiger partial charge in [-0.2, -0.15) is 5.10 Å². The van der Waals surface area contributed by atoms with Gasteiger partial charge in [-0.1, -0.05) is 6.08 Å². The zero-order valence-corrected chi connectivity index (χ0v) is 14.4. The van der Waals surface area contributed by atoms with Crippen LogP contribution in [0.3, 0.4) is 0 Å². The van der Waals surface area contributed by atoms with Crippen LogP contribution in [0.5, 0.6) is 0 Å². The summed E-state index contributed by atoms with van der Waals surface area (Å²) in [7, 11) is 0. The van der Waals surface area contributed by atoms with E-state index in [0.717, 1.165) is 52.2 Å². The third-order valence-corrected chi connectivity index (χ3v) is 5.15. The maximum absolute atomic E-state index is 4.73. The lowest BCUT2D eigenvalue weighted by Crippen LogP contribution is -2.19. The summed E-state index contributed by atoms with van der Waals surface area (Å²) in [6.07, 6.45) is 9.40. The minimum Gasteiger partial charge on any atom is -0.351 e. The van der Waals surface area contributed by atoms with Crippen LogP contribution in [-0.2, 0) is 6.42 Å². The third kappa shape index (κ3) is 2.49. The molecule has 0 spiro atoms. The monoisotopic (exact) mass is 334 g/mol. The van der Waals surface area contributed by atoms with Gasteiger partial charge >= 0.3 is 0 Å². The number of fused-ring (bicyclic) bond motifs is 2. The highest BCUT2D eigenvalue weighted by Crippen LogP contribution is 2.34. The van der Waals surface area contributed by atoms with Crippen LogP contribution in [-0.4, -0.2) is 30.6 Å². The van der Waals surface area contributed by atoms with Crippen LogP contribution >= 0.6 is 0 Å². The molecule has 5 rings (SSSR count). The first-order chi connectivity index (χ1) is 12.2. The number of allylic oxidation sites excluding steroid dienone is 1. The van der Waals surface area contributed by atoms with Gasteiger partial charge < -0.3 is 5.32 Å². The second-order valence-electron chi connectivity index (χ2n) is 7.03. The van der Waals surface area contributed by atoms with Crippen LogP contribution in [0.25, 0.3) is 11.2 Å². The molecule has 1 atom stereocenters. The zero-order valence-electron chi connectivity index (χ0n) is 14.4. The normalized spacial score (nSPS) is 17.4. The summed E-state index contributed by atoms with van der Waals surface area (Å²) in [5.41, 5.74) is 6.08. The summed E-state index contributed by atoms with van der Waals surface area (Å²) in [4.78, 5) is 13.6. The topological polar surface area (TPSA) is 68.0 Å². The molecule has 0 unspecified atom stereocenters. The number of imidazole rings is 1. The van der Waals surface area contributed by atoms with Crippen molar-refractivity contribution in [3.05, 3.63) is 53.2 Å². The fourth-order valence-corrected chi connectivity index (χ4v) is 3.47. The summed E-state index contributed by atoms with van der Waals surface area (Å²) in [5, 5.41) is 8.18. The fourth-order valence-electron chi connectivity index (χ4n) is 3.47. The Morgan fingerprint density at radius 2 is 2.12 bits per heavy atom. The van der Waals surface area contributed by atoms with Gasteiger partial charge in [0.2, 0.25) is 5.95 Å². The van der Waals surface area contributed by atoms with Crippen molar-refractivity contribution in [3.8, 4) is 0 Å². The average Bonchev–Trinajstić information content (AvgIpc) is 3.30. The minimum absolute atomic E-state index is 0. The first kappa shape index (κ1) is 14.6. The molecule has 6 nitrogen and oxygen atoms in total. The standard InChI is InChI=1S/C19H20N6.H2/c1-11-9-20-18-8-7-17(24-25(11)18)14-5-6-16-15(14)10-21-19(23-16)22-12(2)13-3-4-13;/h5,7-10,12-13H,3-4,6H2,1-2H3,(H,21,22,23);1H/t12-;/m1./s1. The van der Waals surface area contributed by atoms with E-state index in [-0.39, 0.29) is 1.43 Å². The molecule has 0 aliphatic heterocycles. The van der Waals surface area contributed by atoms with Crippen molar-refractivity contribution in [2.24, 2.45) is 5.92 Å². The summed E-state index contributed by atoms with van der Waals surface area (Å²) in [6, 6.07) is 4.46. The number of nitrogens with zero attached hydrogens (tertiary/aromatic N) is 5. The van der Waals surface area contributed by atoms with Crippen LogP contribution < -0.4 is 5.32 Å². The van der Waals surface area contributed by atoms with Crippen LogP contribution in [0, 0.1) is 12.8 Å². The highest BCUT2D eigenvalue weighted by molar-refractivity contribution is 5.82. The van der Waals surface area contributed by atoms with E-state index in [0.29, 0.717) is 6.04 Å². The maximum Gasteiger partial charge on any atom is 0.223 e. The molecule has 0 amide bonds. The van der Waals surface area contributed by atoms with Crippen LogP contribution in [0.4, 0.5) is 5.95 Å². The SMILES string of the molecule is Cc1cnc2ccc(C3=CCc4nc(N[C@H](C)C5CC5)ncc43)nn12.[HH]. The van der Waals surface area contributed by atoms with E-state index in [1.807, 2.05) is 36.0 Å². The predicted octanol–water partition coefficient (Wildman–Crippen LogP) is 3.27. The molecule has 25 heavy (non-hydrogen) atoms. The number of aryl methyl sites for hydroxylation is 1. The number of aromatic nitrogens is 5. The van der Waals surface area contributed by atoms with Crippen molar-refractivity contribution >= 4 is 17.2 Å². The Kier molecular flexibility index (Phi) is 3.13. The molecule has 2 aliphatic carbocycles. The average molecular weight is 334 g/mol. The van der Waals surface area contributed by atoms with Crippen LogP contribution in [0.15, 0.2) is 30.6 Å². The predicted molar refractivity (Wildman–Crippen MR) is 98.5 cm³/mol. The molecular formula is C19H22N6. The Hall–Kier alpha value is -2.76. The number of rotatable bonds is 4. The highest BCUT2D eigenvalue weighted by Gasteiger charge is 2.28. The Morgan fingerprint density at radius 1 is 1.24 bits per heavy atom. The highest BCUT2D eigenvalue weighted by atomic mass is 15.3. The lowest BCUT2D eigenvalue weighted by molar-refractivity contribution is 0.685. The largest absolute Gasteiger partial charge is 0.351 e. The van der Waals surface area contributed by atoms with Crippen molar-refractivity contribution in [1.82, 2.24) is 24.6 Å². The van der Waals surface area contributed by atoms with E-state index < -0.39 is 0 Å². The maximum atomic E-state index is 4.73. The molecule has 128 valence electrons. The zero-order chi connectivity index (χ0) is 17.0. The summed E-state index contributed by atoms with van der Waals surface area (Å²) >= 11 is 0. The van der Waals surface area contributed by atoms with Crippen LogP contribution in [0.1, 0.15) is 43.8 Å². The quantitative estimate of drug-likeness (QED) is 0.793. The molecule has 1 fully saturated rings. The van der Waals surface area contributed by atoms with Gasteiger partial charge in [-0.05, 0) is 44.7 Å². The van der Waals surface area contributed by atoms with E-state index in [1.54, 1.807) is 0 Å².